The summed E-state index contributed by atoms with van der Waals surface area (Å²) in [5.41, 5.74) is 7.87. The smallest absolute Gasteiger partial charge is 0.248 e. The van der Waals surface area contributed by atoms with Gasteiger partial charge in [-0.3, -0.25) is 14.6 Å². The number of carbonyl (C=O) groups excluding carboxylic acids is 1. The van der Waals surface area contributed by atoms with E-state index in [0.717, 1.165) is 91.7 Å². The van der Waals surface area contributed by atoms with Crippen LogP contribution in [0.1, 0.15) is 57.9 Å². The van der Waals surface area contributed by atoms with Crippen LogP contribution in [-0.4, -0.2) is 56.9 Å². The van der Waals surface area contributed by atoms with Crippen molar-refractivity contribution < 1.29 is 13.9 Å². The molecule has 0 spiro atoms. The van der Waals surface area contributed by atoms with Crippen LogP contribution in [0.15, 0.2) is 85.0 Å². The summed E-state index contributed by atoms with van der Waals surface area (Å²) in [7, 11) is 3.56. The molecular weight excluding hydrogens is 570 g/mol. The maximum absolute atomic E-state index is 12.8. The molecule has 0 atom stereocenters. The number of morpholine rings is 1. The highest BCUT2D eigenvalue weighted by molar-refractivity contribution is 7.17. The summed E-state index contributed by atoms with van der Waals surface area (Å²) >= 11 is 1.45. The van der Waals surface area contributed by atoms with Crippen LogP contribution in [0.4, 0.5) is 5.88 Å². The first-order chi connectivity index (χ1) is 21.3. The van der Waals surface area contributed by atoms with Crippen LogP contribution in [0.5, 0.6) is 0 Å². The number of hydrogen-bond acceptors (Lipinski definition) is 7. The second kappa shape index (κ2) is 14.8. The second-order valence-electron chi connectivity index (χ2n) is 11.8. The summed E-state index contributed by atoms with van der Waals surface area (Å²) < 4.78 is 12.4. The number of likely N-dealkylation sites (N-methyl/N-ethyl adjacent to an activating group) is 1. The van der Waals surface area contributed by atoms with Crippen LogP contribution >= 0.6 is 11.3 Å². The van der Waals surface area contributed by atoms with E-state index in [9.17, 15) is 9.59 Å². The van der Waals surface area contributed by atoms with Crippen molar-refractivity contribution in [1.29, 1.82) is 0 Å². The number of aryl methyl sites for hydroxylation is 1. The molecular formula is C36H43N3O4S. The maximum Gasteiger partial charge on any atom is 0.248 e. The topological polar surface area (TPSA) is 75.4 Å². The van der Waals surface area contributed by atoms with Crippen molar-refractivity contribution in [3.63, 3.8) is 0 Å². The first-order valence-corrected chi connectivity index (χ1v) is 16.5. The van der Waals surface area contributed by atoms with Gasteiger partial charge in [0, 0.05) is 61.2 Å². The number of fused-ring (bicyclic) bond motifs is 1. The highest BCUT2D eigenvalue weighted by Crippen LogP contribution is 2.35. The third-order valence-electron chi connectivity index (χ3n) is 8.16. The molecule has 5 rings (SSSR count). The molecule has 44 heavy (non-hydrogen) atoms. The second-order valence-corrected chi connectivity index (χ2v) is 12.6. The molecule has 0 N–H and O–H groups in total. The van der Waals surface area contributed by atoms with Crippen LogP contribution in [0.2, 0.25) is 0 Å². The minimum Gasteiger partial charge on any atom is -0.439 e. The number of amides is 1. The predicted molar refractivity (Wildman–Crippen MR) is 182 cm³/mol. The molecule has 2 aliphatic heterocycles. The lowest BCUT2D eigenvalue weighted by molar-refractivity contribution is -0.124. The van der Waals surface area contributed by atoms with Crippen molar-refractivity contribution in [1.82, 2.24) is 4.90 Å². The molecule has 0 radical (unpaired) electrons. The van der Waals surface area contributed by atoms with Gasteiger partial charge in [-0.1, -0.05) is 36.4 Å². The zero-order valence-corrected chi connectivity index (χ0v) is 27.2. The highest BCUT2D eigenvalue weighted by atomic mass is 32.1. The summed E-state index contributed by atoms with van der Waals surface area (Å²) in [4.78, 5) is 33.9. The maximum atomic E-state index is 12.8. The van der Waals surface area contributed by atoms with Crippen LogP contribution in [0.25, 0.3) is 21.4 Å². The Balaban J connectivity index is 1.20. The molecule has 2 aromatic heterocycles. The van der Waals surface area contributed by atoms with Crippen molar-refractivity contribution in [3.05, 3.63) is 86.6 Å². The number of benzene rings is 1. The Bertz CT molecular complexity index is 1650. The SMILES string of the molecule is C/C1=N/C(CCCCc2ccc(-c3csc4c(=O)cc(N5CCOCC5)oc34)cc2)=C/CCC/C=C1/C=C(\C)C(=O)N(C)C. The number of thiophene rings is 1. The Labute approximate surface area is 264 Å². The first-order valence-electron chi connectivity index (χ1n) is 15.6. The van der Waals surface area contributed by atoms with E-state index in [-0.39, 0.29) is 11.3 Å². The van der Waals surface area contributed by atoms with E-state index in [0.29, 0.717) is 29.4 Å². The number of ether oxygens (including phenoxy) is 1. The zero-order chi connectivity index (χ0) is 31.1. The van der Waals surface area contributed by atoms with E-state index in [1.54, 1.807) is 25.1 Å². The first kappa shape index (κ1) is 31.7. The number of hydrogen-bond donors (Lipinski definition) is 0. The number of unbranched alkanes of at least 4 members (excludes halogenated alkanes) is 1. The van der Waals surface area contributed by atoms with Crippen LogP contribution in [-0.2, 0) is 16.0 Å². The quantitative estimate of drug-likeness (QED) is 0.184. The van der Waals surface area contributed by atoms with Gasteiger partial charge in [-0.2, -0.15) is 0 Å². The van der Waals surface area contributed by atoms with Crippen molar-refractivity contribution in [3.8, 4) is 11.1 Å². The number of rotatable bonds is 9. The standard InChI is InChI=1S/C36H43N3O4S/c1-25(36(41)38(3)4)22-29-11-6-5-7-12-30(37-26(29)2)13-9-8-10-27-14-16-28(17-15-27)31-24-44-35-32(40)23-33(43-34(31)35)39-18-20-42-21-19-39/h11-12,14-17,22-24H,5-10,13,18-21H2,1-4H3/b25-22+,29-11-,30-12+,37-26-. The Kier molecular flexibility index (Phi) is 10.7. The Hall–Kier alpha value is -3.75. The Morgan fingerprint density at radius 1 is 1.07 bits per heavy atom. The monoisotopic (exact) mass is 613 g/mol. The highest BCUT2D eigenvalue weighted by Gasteiger charge is 2.19. The van der Waals surface area contributed by atoms with Gasteiger partial charge in [0.1, 0.15) is 4.70 Å². The lowest BCUT2D eigenvalue weighted by Crippen LogP contribution is -2.36. The molecule has 0 bridgehead atoms. The molecule has 0 saturated carbocycles. The number of allylic oxidation sites excluding steroid dienone is 5. The molecule has 3 aromatic rings. The summed E-state index contributed by atoms with van der Waals surface area (Å²) in [6, 6.07) is 10.3. The van der Waals surface area contributed by atoms with E-state index in [1.807, 2.05) is 25.3 Å². The van der Waals surface area contributed by atoms with Crippen molar-refractivity contribution in [2.75, 3.05) is 45.3 Å². The summed E-state index contributed by atoms with van der Waals surface area (Å²) in [6.07, 6.45) is 13.6. The van der Waals surface area contributed by atoms with Gasteiger partial charge in [-0.25, -0.2) is 0 Å². The molecule has 2 aliphatic rings. The molecule has 0 aliphatic carbocycles. The Morgan fingerprint density at radius 3 is 2.55 bits per heavy atom. The molecule has 0 unspecified atom stereocenters. The van der Waals surface area contributed by atoms with E-state index >= 15 is 0 Å². The molecule has 1 aromatic carbocycles. The fraction of sp³-hybridized carbons (Fsp3) is 0.417. The van der Waals surface area contributed by atoms with Gasteiger partial charge in [-0.15, -0.1) is 11.3 Å². The van der Waals surface area contributed by atoms with Crippen molar-refractivity contribution in [2.45, 2.75) is 58.8 Å². The molecule has 7 nitrogen and oxygen atoms in total. The third kappa shape index (κ3) is 7.85. The molecule has 1 fully saturated rings. The van der Waals surface area contributed by atoms with E-state index in [4.69, 9.17) is 14.1 Å². The third-order valence-corrected chi connectivity index (χ3v) is 9.14. The molecule has 8 heteroatoms. The van der Waals surface area contributed by atoms with Crippen LogP contribution < -0.4 is 10.3 Å². The van der Waals surface area contributed by atoms with Gasteiger partial charge < -0.3 is 19.0 Å². The number of aliphatic imine (C=N–C) groups is 1. The van der Waals surface area contributed by atoms with Crippen molar-refractivity contribution in [2.24, 2.45) is 4.99 Å². The normalized spacial score (nSPS) is 20.0. The fourth-order valence-electron chi connectivity index (χ4n) is 5.64. The predicted octanol–water partition coefficient (Wildman–Crippen LogP) is 7.56. The van der Waals surface area contributed by atoms with E-state index in [2.05, 4.69) is 41.3 Å². The number of nitrogens with zero attached hydrogens (tertiary/aromatic N) is 3. The minimum absolute atomic E-state index is 0.00780. The Morgan fingerprint density at radius 2 is 1.80 bits per heavy atom. The molecule has 1 amide bonds. The van der Waals surface area contributed by atoms with Crippen LogP contribution in [0, 0.1) is 0 Å². The average Bonchev–Trinajstić information content (AvgIpc) is 3.49. The molecule has 4 heterocycles. The van der Waals surface area contributed by atoms with Gasteiger partial charge in [0.2, 0.25) is 11.3 Å². The van der Waals surface area contributed by atoms with E-state index < -0.39 is 0 Å². The fourth-order valence-corrected chi connectivity index (χ4v) is 6.55. The van der Waals surface area contributed by atoms with Gasteiger partial charge >= 0.3 is 0 Å². The van der Waals surface area contributed by atoms with E-state index in [1.165, 1.54) is 16.9 Å². The largest absolute Gasteiger partial charge is 0.439 e. The molecule has 1 saturated heterocycles. The van der Waals surface area contributed by atoms with Crippen molar-refractivity contribution >= 4 is 39.1 Å². The van der Waals surface area contributed by atoms with Gasteiger partial charge in [0.25, 0.3) is 0 Å². The number of anilines is 1. The summed E-state index contributed by atoms with van der Waals surface area (Å²) in [5.74, 6) is 0.644. The van der Waals surface area contributed by atoms with Gasteiger partial charge in [-0.05, 0) is 81.6 Å². The zero-order valence-electron chi connectivity index (χ0n) is 26.4. The van der Waals surface area contributed by atoms with Gasteiger partial charge in [0.15, 0.2) is 11.5 Å². The minimum atomic E-state index is 0.00780. The molecule has 232 valence electrons. The van der Waals surface area contributed by atoms with Crippen LogP contribution in [0.3, 0.4) is 0 Å². The average molecular weight is 614 g/mol. The van der Waals surface area contributed by atoms with Gasteiger partial charge in [0.05, 0.1) is 13.2 Å². The number of carbonyl (C=O) groups is 1. The summed E-state index contributed by atoms with van der Waals surface area (Å²) in [5, 5.41) is 2.03. The lowest BCUT2D eigenvalue weighted by atomic mass is 10.0. The lowest BCUT2D eigenvalue weighted by Gasteiger charge is -2.27. The summed E-state index contributed by atoms with van der Waals surface area (Å²) in [6.45, 7) is 6.64.